The maximum atomic E-state index is 14.2. The van der Waals surface area contributed by atoms with Gasteiger partial charge >= 0.3 is 6.09 Å². The first kappa shape index (κ1) is 49.1. The molecular weight excluding hydrogens is 825 g/mol. The summed E-state index contributed by atoms with van der Waals surface area (Å²) in [4.78, 5) is 126. The number of carbonyl (C=O) groups excluding carboxylic acids is 8. The molecule has 3 aliphatic heterocycles. The molecule has 4 rings (SSSR count). The molecular formula is C40H60N12O11. The first-order valence-electron chi connectivity index (χ1n) is 21.3. The van der Waals surface area contributed by atoms with E-state index in [1.54, 1.807) is 42.7 Å². The number of hydrogen-bond donors (Lipinski definition) is 7. The number of nitrogens with one attached hydrogen (secondary N) is 4. The molecule has 23 nitrogen and oxygen atoms in total. The zero-order valence-corrected chi connectivity index (χ0v) is 35.7. The molecule has 1 aromatic carbocycles. The van der Waals surface area contributed by atoms with Crippen molar-refractivity contribution in [3.63, 3.8) is 0 Å². The Balaban J connectivity index is 1.49. The number of hydrazine groups is 1. The van der Waals surface area contributed by atoms with Crippen LogP contribution in [-0.4, -0.2) is 136 Å². The van der Waals surface area contributed by atoms with Crippen molar-refractivity contribution >= 4 is 53.4 Å². The molecule has 23 heteroatoms. The van der Waals surface area contributed by atoms with E-state index in [0.717, 1.165) is 0 Å². The zero-order valence-electron chi connectivity index (χ0n) is 35.7. The number of hydrogen-bond acceptors (Lipinski definition) is 12. The molecule has 0 spiro atoms. The largest absolute Gasteiger partial charge is 0.445 e. The van der Waals surface area contributed by atoms with Gasteiger partial charge in [-0.3, -0.25) is 33.6 Å². The highest BCUT2D eigenvalue weighted by atomic mass is 16.7. The van der Waals surface area contributed by atoms with Gasteiger partial charge in [0.2, 0.25) is 41.4 Å². The van der Waals surface area contributed by atoms with Crippen molar-refractivity contribution in [3.8, 4) is 0 Å². The third-order valence-electron chi connectivity index (χ3n) is 11.6. The Labute approximate surface area is 364 Å². The average Bonchev–Trinajstić information content (AvgIpc) is 4.06. The van der Waals surface area contributed by atoms with Crippen molar-refractivity contribution in [3.05, 3.63) is 46.0 Å². The highest BCUT2D eigenvalue weighted by Crippen LogP contribution is 2.27. The Morgan fingerprint density at radius 3 is 2.06 bits per heavy atom. The second-order valence-electron chi connectivity index (χ2n) is 15.9. The van der Waals surface area contributed by atoms with Crippen LogP contribution in [0.2, 0.25) is 0 Å². The molecule has 3 heterocycles. The van der Waals surface area contributed by atoms with Crippen LogP contribution in [0.15, 0.2) is 35.3 Å². The summed E-state index contributed by atoms with van der Waals surface area (Å²) in [7, 11) is 0. The number of aliphatic imine (C=N–C) groups is 1. The summed E-state index contributed by atoms with van der Waals surface area (Å²) in [6, 6.07) is 2.33. The monoisotopic (exact) mass is 884 g/mol. The number of nitrogens with two attached hydrogens (primary N) is 3. The number of benzene rings is 1. The molecule has 63 heavy (non-hydrogen) atoms. The maximum absolute atomic E-state index is 14.2. The van der Waals surface area contributed by atoms with Crippen LogP contribution in [0.3, 0.4) is 0 Å². The number of rotatable bonds is 21. The molecule has 0 saturated carbocycles. The van der Waals surface area contributed by atoms with Crippen LogP contribution in [0.25, 0.3) is 0 Å². The van der Waals surface area contributed by atoms with Crippen LogP contribution in [-0.2, 0) is 44.9 Å². The standard InChI is InChI=1S/C40H60N12O11/c1-3-24(2)32(38(59)51-22-10-16-30(51)37(58)49-20-8-14-28(49)33(42)54)47-34(55)26(17-18-31(41)53)45-35(56)29-15-9-21-50(29)36(57)27(13-7-19-44-39(43)48-52(61)62)46-40(60)63-23-25-11-5-4-6-12-25/h4-6,11-12,24,26-30,32H,3,7-10,13-23H2,1-2H3,(H2,41,53)(H2,42,54)(H,45,56)(H,46,60)(H,47,55)(H3,43,44,48)/t24-,26-,27-,28-,29-,30-,32-/m0/s1. The van der Waals surface area contributed by atoms with Gasteiger partial charge in [-0.15, -0.1) is 0 Å². The van der Waals surface area contributed by atoms with Crippen molar-refractivity contribution in [2.24, 2.45) is 28.1 Å². The van der Waals surface area contributed by atoms with Crippen LogP contribution in [0, 0.1) is 16.0 Å². The minimum absolute atomic E-state index is 0.0265. The van der Waals surface area contributed by atoms with Gasteiger partial charge in [-0.1, -0.05) is 56.0 Å². The molecule has 3 aliphatic rings. The Morgan fingerprint density at radius 2 is 1.44 bits per heavy atom. The quantitative estimate of drug-likeness (QED) is 0.0254. The zero-order chi connectivity index (χ0) is 46.2. The normalized spacial score (nSPS) is 20.5. The predicted octanol–water partition coefficient (Wildman–Crippen LogP) is -1.10. The van der Waals surface area contributed by atoms with Gasteiger partial charge in [-0.25, -0.2) is 19.9 Å². The van der Waals surface area contributed by atoms with Gasteiger partial charge in [0.25, 0.3) is 5.96 Å². The summed E-state index contributed by atoms with van der Waals surface area (Å²) in [6.45, 7) is 4.11. The van der Waals surface area contributed by atoms with Crippen molar-refractivity contribution in [2.75, 3.05) is 26.2 Å². The van der Waals surface area contributed by atoms with Crippen LogP contribution in [0.1, 0.15) is 90.0 Å². The third-order valence-corrected chi connectivity index (χ3v) is 11.6. The van der Waals surface area contributed by atoms with E-state index in [-0.39, 0.29) is 64.3 Å². The molecule has 7 atom stereocenters. The van der Waals surface area contributed by atoms with E-state index < -0.39 is 94.7 Å². The number of amides is 8. The number of ether oxygens (including phenoxy) is 1. The van der Waals surface area contributed by atoms with Gasteiger partial charge in [0.1, 0.15) is 42.9 Å². The minimum Gasteiger partial charge on any atom is -0.445 e. The van der Waals surface area contributed by atoms with E-state index in [4.69, 9.17) is 21.9 Å². The number of alkyl carbamates (subject to hydrolysis) is 1. The summed E-state index contributed by atoms with van der Waals surface area (Å²) in [5.41, 5.74) is 18.9. The van der Waals surface area contributed by atoms with Crippen LogP contribution >= 0.6 is 0 Å². The molecule has 3 fully saturated rings. The lowest BCUT2D eigenvalue weighted by molar-refractivity contribution is -0.525. The van der Waals surface area contributed by atoms with Gasteiger partial charge in [0.05, 0.1) is 0 Å². The molecule has 0 aliphatic carbocycles. The first-order valence-corrected chi connectivity index (χ1v) is 21.3. The van der Waals surface area contributed by atoms with E-state index in [1.807, 2.05) is 6.92 Å². The van der Waals surface area contributed by atoms with Gasteiger partial charge < -0.3 is 52.6 Å². The second-order valence-corrected chi connectivity index (χ2v) is 15.9. The smallest absolute Gasteiger partial charge is 0.408 e. The molecule has 0 radical (unpaired) electrons. The Bertz CT molecular complexity index is 1870. The lowest BCUT2D eigenvalue weighted by Gasteiger charge is -2.34. The lowest BCUT2D eigenvalue weighted by atomic mass is 9.96. The molecule has 346 valence electrons. The van der Waals surface area contributed by atoms with Crippen LogP contribution in [0.5, 0.6) is 0 Å². The molecule has 3 saturated heterocycles. The number of primary amides is 2. The average molecular weight is 885 g/mol. The minimum atomic E-state index is -1.38. The number of nitro groups is 1. The Kier molecular flexibility index (Phi) is 18.4. The van der Waals surface area contributed by atoms with Crippen molar-refractivity contribution in [2.45, 2.75) is 127 Å². The molecule has 0 bridgehead atoms. The number of guanidine groups is 1. The fraction of sp³-hybridized carbons (Fsp3) is 0.625. The topological polar surface area (TPSA) is 337 Å². The van der Waals surface area contributed by atoms with E-state index in [1.165, 1.54) is 14.7 Å². The molecule has 0 aromatic heterocycles. The van der Waals surface area contributed by atoms with Gasteiger partial charge in [-0.2, -0.15) is 0 Å². The van der Waals surface area contributed by atoms with Crippen molar-refractivity contribution in [1.29, 1.82) is 0 Å². The summed E-state index contributed by atoms with van der Waals surface area (Å²) in [5, 5.41) is 17.8. The van der Waals surface area contributed by atoms with Crippen LogP contribution in [0.4, 0.5) is 4.79 Å². The summed E-state index contributed by atoms with van der Waals surface area (Å²) in [6.07, 6.45) is 1.55. The maximum Gasteiger partial charge on any atom is 0.408 e. The first-order chi connectivity index (χ1) is 30.0. The van der Waals surface area contributed by atoms with Crippen LogP contribution < -0.4 is 38.6 Å². The number of nitrogens with zero attached hydrogens (tertiary/aromatic N) is 5. The predicted molar refractivity (Wildman–Crippen MR) is 225 cm³/mol. The summed E-state index contributed by atoms with van der Waals surface area (Å²) >= 11 is 0. The molecule has 8 amide bonds. The van der Waals surface area contributed by atoms with Crippen molar-refractivity contribution < 1.29 is 48.1 Å². The van der Waals surface area contributed by atoms with E-state index in [9.17, 15) is 48.5 Å². The fourth-order valence-electron chi connectivity index (χ4n) is 8.04. The summed E-state index contributed by atoms with van der Waals surface area (Å²) < 4.78 is 5.34. The van der Waals surface area contributed by atoms with Gasteiger partial charge in [0.15, 0.2) is 5.03 Å². The van der Waals surface area contributed by atoms with Crippen molar-refractivity contribution in [1.82, 2.24) is 36.1 Å². The lowest BCUT2D eigenvalue weighted by Crippen LogP contribution is -2.60. The fourth-order valence-corrected chi connectivity index (χ4v) is 8.04. The second kappa shape index (κ2) is 23.6. The molecule has 0 unspecified atom stereocenters. The number of carbonyl (C=O) groups is 8. The van der Waals surface area contributed by atoms with E-state index in [0.29, 0.717) is 50.6 Å². The Morgan fingerprint density at radius 1 is 0.825 bits per heavy atom. The summed E-state index contributed by atoms with van der Waals surface area (Å²) in [5.74, 6) is -5.34. The molecule has 1 aromatic rings. The number of likely N-dealkylation sites (tertiary alicyclic amines) is 3. The SMILES string of the molecule is CC[C@H](C)[C@H](NC(=O)[C@H](CCC(N)=O)NC(=O)[C@@H]1CCCN1C(=O)[C@H](CCCN=C(N)N[N+](=O)[O-])NC(=O)OCc1ccccc1)C(=O)N1CCC[C@H]1C(=O)N1CCC[C@H]1C(N)=O. The van der Waals surface area contributed by atoms with Gasteiger partial charge in [0, 0.05) is 32.6 Å². The highest BCUT2D eigenvalue weighted by molar-refractivity contribution is 5.97. The Hall–Kier alpha value is -6.55. The van der Waals surface area contributed by atoms with E-state index in [2.05, 4.69) is 20.9 Å². The third kappa shape index (κ3) is 14.0. The molecule has 10 N–H and O–H groups in total. The van der Waals surface area contributed by atoms with Gasteiger partial charge in [-0.05, 0) is 69.3 Å². The van der Waals surface area contributed by atoms with E-state index >= 15 is 0 Å². The highest BCUT2D eigenvalue weighted by Gasteiger charge is 2.45.